The van der Waals surface area contributed by atoms with Crippen LogP contribution < -0.4 is 14.8 Å². The highest BCUT2D eigenvalue weighted by Gasteiger charge is 2.21. The minimum Gasteiger partial charge on any atom is -0.490 e. The molecule has 2 aliphatic rings. The number of aromatic amines is 1. The number of aryl methyl sites for hydroxylation is 2. The number of ether oxygens (including phenoxy) is 2. The molecule has 2 heterocycles. The van der Waals surface area contributed by atoms with Crippen LogP contribution in [0.1, 0.15) is 59.4 Å². The van der Waals surface area contributed by atoms with Crippen LogP contribution in [0, 0.1) is 0 Å². The van der Waals surface area contributed by atoms with Gasteiger partial charge in [-0.25, -0.2) is 0 Å². The summed E-state index contributed by atoms with van der Waals surface area (Å²) in [5.41, 5.74) is 5.35. The third-order valence-corrected chi connectivity index (χ3v) is 6.00. The number of carbonyl (C=O) groups excluding carboxylic acids is 1. The highest BCUT2D eigenvalue weighted by molar-refractivity contribution is 6.07. The van der Waals surface area contributed by atoms with Crippen molar-refractivity contribution in [1.82, 2.24) is 10.3 Å². The Bertz CT molecular complexity index is 1070. The number of nitrogens with one attached hydrogen (secondary N) is 2. The van der Waals surface area contributed by atoms with Gasteiger partial charge in [0.2, 0.25) is 0 Å². The van der Waals surface area contributed by atoms with Gasteiger partial charge in [0, 0.05) is 17.5 Å². The Balaban J connectivity index is 1.40. The van der Waals surface area contributed by atoms with E-state index in [1.807, 2.05) is 37.3 Å². The van der Waals surface area contributed by atoms with E-state index in [1.54, 1.807) is 0 Å². The number of H-pyrrole nitrogens is 1. The zero-order valence-corrected chi connectivity index (χ0v) is 16.7. The van der Waals surface area contributed by atoms with E-state index in [2.05, 4.69) is 16.4 Å². The van der Waals surface area contributed by atoms with E-state index >= 15 is 0 Å². The second kappa shape index (κ2) is 7.47. The third-order valence-electron chi connectivity index (χ3n) is 6.00. The molecule has 1 unspecified atom stereocenters. The largest absolute Gasteiger partial charge is 0.490 e. The first-order valence-electron chi connectivity index (χ1n) is 10.5. The number of benzene rings is 2. The zero-order valence-electron chi connectivity index (χ0n) is 16.7. The van der Waals surface area contributed by atoms with Crippen LogP contribution in [0.25, 0.3) is 10.9 Å². The lowest BCUT2D eigenvalue weighted by Gasteiger charge is -2.17. The zero-order chi connectivity index (χ0) is 19.8. The van der Waals surface area contributed by atoms with Gasteiger partial charge in [0.25, 0.3) is 5.91 Å². The lowest BCUT2D eigenvalue weighted by Crippen LogP contribution is -2.26. The summed E-state index contributed by atoms with van der Waals surface area (Å²) in [5.74, 6) is 1.46. The minimum atomic E-state index is -0.139. The molecule has 29 heavy (non-hydrogen) atoms. The summed E-state index contributed by atoms with van der Waals surface area (Å²) < 4.78 is 11.5. The molecule has 5 rings (SSSR count). The molecular formula is C24H26N2O3. The topological polar surface area (TPSA) is 63.4 Å². The molecule has 0 fully saturated rings. The molecule has 1 aliphatic heterocycles. The van der Waals surface area contributed by atoms with Crippen molar-refractivity contribution >= 4 is 16.8 Å². The fourth-order valence-electron chi connectivity index (χ4n) is 4.43. The van der Waals surface area contributed by atoms with Crippen molar-refractivity contribution in [2.75, 3.05) is 13.2 Å². The number of aromatic nitrogens is 1. The van der Waals surface area contributed by atoms with Gasteiger partial charge in [-0.3, -0.25) is 4.79 Å². The normalized spacial score (nSPS) is 16.7. The number of hydrogen-bond donors (Lipinski definition) is 2. The van der Waals surface area contributed by atoms with Gasteiger partial charge in [0.05, 0.1) is 30.3 Å². The summed E-state index contributed by atoms with van der Waals surface area (Å²) in [6.07, 6.45) is 5.47. The van der Waals surface area contributed by atoms with Gasteiger partial charge in [-0.05, 0) is 61.9 Å². The number of carbonyl (C=O) groups is 1. The highest BCUT2D eigenvalue weighted by atomic mass is 16.5. The summed E-state index contributed by atoms with van der Waals surface area (Å²) in [6.45, 7) is 3.32. The monoisotopic (exact) mass is 390 g/mol. The number of para-hydroxylation sites is 1. The van der Waals surface area contributed by atoms with Gasteiger partial charge in [0.1, 0.15) is 0 Å². The van der Waals surface area contributed by atoms with Crippen molar-refractivity contribution in [2.45, 2.75) is 45.1 Å². The molecule has 0 saturated heterocycles. The molecule has 0 saturated carbocycles. The van der Waals surface area contributed by atoms with Gasteiger partial charge in [-0.1, -0.05) is 18.2 Å². The predicted molar refractivity (Wildman–Crippen MR) is 113 cm³/mol. The van der Waals surface area contributed by atoms with Gasteiger partial charge in [-0.2, -0.15) is 0 Å². The van der Waals surface area contributed by atoms with Crippen molar-refractivity contribution < 1.29 is 14.3 Å². The van der Waals surface area contributed by atoms with Crippen LogP contribution >= 0.6 is 0 Å². The Morgan fingerprint density at radius 3 is 2.76 bits per heavy atom. The third kappa shape index (κ3) is 3.35. The fourth-order valence-corrected chi connectivity index (χ4v) is 4.43. The summed E-state index contributed by atoms with van der Waals surface area (Å²) in [5, 5.41) is 4.34. The van der Waals surface area contributed by atoms with Crippen LogP contribution in [0.2, 0.25) is 0 Å². The van der Waals surface area contributed by atoms with E-state index in [9.17, 15) is 4.79 Å². The van der Waals surface area contributed by atoms with E-state index in [0.717, 1.165) is 41.8 Å². The summed E-state index contributed by atoms with van der Waals surface area (Å²) in [7, 11) is 0. The van der Waals surface area contributed by atoms with Crippen LogP contribution in [0.4, 0.5) is 0 Å². The molecule has 5 nitrogen and oxygen atoms in total. The summed E-state index contributed by atoms with van der Waals surface area (Å²) in [4.78, 5) is 16.6. The van der Waals surface area contributed by atoms with E-state index in [0.29, 0.717) is 18.8 Å². The van der Waals surface area contributed by atoms with E-state index in [4.69, 9.17) is 9.47 Å². The fraction of sp³-hybridized carbons (Fsp3) is 0.375. The van der Waals surface area contributed by atoms with Crippen LogP contribution in [-0.4, -0.2) is 24.1 Å². The number of rotatable bonds is 3. The van der Waals surface area contributed by atoms with Gasteiger partial charge < -0.3 is 19.8 Å². The van der Waals surface area contributed by atoms with E-state index in [-0.39, 0.29) is 11.9 Å². The first-order valence-corrected chi connectivity index (χ1v) is 10.5. The standard InChI is InChI=1S/C24H26N2O3/c1-15(16-10-11-21-22(14-16)29-13-5-12-28-21)25-24(27)19-8-4-7-18-17-6-2-3-9-20(17)26-23(18)19/h4,7-8,10-11,14-15,26H,2-3,5-6,9,12-13H2,1H3,(H,25,27). The molecule has 1 amide bonds. The van der Waals surface area contributed by atoms with Crippen LogP contribution in [0.5, 0.6) is 11.5 Å². The van der Waals surface area contributed by atoms with Crippen molar-refractivity contribution in [1.29, 1.82) is 0 Å². The van der Waals surface area contributed by atoms with Gasteiger partial charge in [-0.15, -0.1) is 0 Å². The van der Waals surface area contributed by atoms with E-state index < -0.39 is 0 Å². The Labute approximate surface area is 170 Å². The van der Waals surface area contributed by atoms with Crippen molar-refractivity contribution in [2.24, 2.45) is 0 Å². The number of hydrogen-bond acceptors (Lipinski definition) is 3. The maximum atomic E-state index is 13.1. The lowest BCUT2D eigenvalue weighted by molar-refractivity contribution is 0.0941. The number of amides is 1. The Hall–Kier alpha value is -2.95. The molecule has 3 aromatic rings. The SMILES string of the molecule is CC(NC(=O)c1cccc2c3c([nH]c12)CCCC3)c1ccc2c(c1)OCCCO2. The molecular weight excluding hydrogens is 364 g/mol. The van der Waals surface area contributed by atoms with Gasteiger partial charge in [0.15, 0.2) is 11.5 Å². The Morgan fingerprint density at radius 2 is 1.86 bits per heavy atom. The van der Waals surface area contributed by atoms with Crippen molar-refractivity contribution in [3.8, 4) is 11.5 Å². The van der Waals surface area contributed by atoms with E-state index in [1.165, 1.54) is 29.5 Å². The van der Waals surface area contributed by atoms with Crippen LogP contribution in [0.3, 0.4) is 0 Å². The van der Waals surface area contributed by atoms with Crippen LogP contribution in [-0.2, 0) is 12.8 Å². The maximum Gasteiger partial charge on any atom is 0.253 e. The molecule has 1 aliphatic carbocycles. The molecule has 1 aromatic heterocycles. The summed E-state index contributed by atoms with van der Waals surface area (Å²) >= 11 is 0. The number of fused-ring (bicyclic) bond motifs is 4. The Kier molecular flexibility index (Phi) is 4.66. The molecule has 0 spiro atoms. The average Bonchev–Trinajstić information content (AvgIpc) is 2.96. The molecule has 0 bridgehead atoms. The lowest BCUT2D eigenvalue weighted by atomic mass is 9.95. The second-order valence-electron chi connectivity index (χ2n) is 7.97. The Morgan fingerprint density at radius 1 is 1.03 bits per heavy atom. The minimum absolute atomic E-state index is 0.0613. The van der Waals surface area contributed by atoms with Crippen molar-refractivity contribution in [3.63, 3.8) is 0 Å². The first kappa shape index (κ1) is 18.1. The summed E-state index contributed by atoms with van der Waals surface area (Å²) in [6, 6.07) is 11.8. The molecule has 5 heteroatoms. The van der Waals surface area contributed by atoms with Crippen molar-refractivity contribution in [3.05, 3.63) is 58.8 Å². The first-order chi connectivity index (χ1) is 14.2. The maximum absolute atomic E-state index is 13.1. The average molecular weight is 390 g/mol. The second-order valence-corrected chi connectivity index (χ2v) is 7.97. The molecule has 0 radical (unpaired) electrons. The predicted octanol–water partition coefficient (Wildman–Crippen LogP) is 4.70. The smallest absolute Gasteiger partial charge is 0.253 e. The molecule has 1 atom stereocenters. The highest BCUT2D eigenvalue weighted by Crippen LogP contribution is 2.33. The molecule has 2 aromatic carbocycles. The molecule has 150 valence electrons. The molecule has 2 N–H and O–H groups in total. The van der Waals surface area contributed by atoms with Crippen LogP contribution in [0.15, 0.2) is 36.4 Å². The van der Waals surface area contributed by atoms with Gasteiger partial charge >= 0.3 is 0 Å². The quantitative estimate of drug-likeness (QED) is 0.681.